The van der Waals surface area contributed by atoms with Crippen LogP contribution in [-0.2, 0) is 10.2 Å². The Kier molecular flexibility index (Phi) is 2.25. The standard InChI is InChI=1S/C21H16O/c22-19-10-5-13-21(19)18-9-4-3-8-16(18)17-12-11-14-6-1-2-7-15(14)20(17)21/h1-4,6-9,11-12H,5,10,13H2. The first-order valence-corrected chi connectivity index (χ1v) is 7.98. The van der Waals surface area contributed by atoms with Crippen molar-refractivity contribution in [2.24, 2.45) is 0 Å². The van der Waals surface area contributed by atoms with Gasteiger partial charge in [-0.15, -0.1) is 0 Å². The minimum absolute atomic E-state index is 0.396. The third kappa shape index (κ3) is 1.28. The highest BCUT2D eigenvalue weighted by atomic mass is 16.1. The molecular weight excluding hydrogens is 268 g/mol. The number of hydrogen-bond donors (Lipinski definition) is 0. The molecule has 0 aromatic heterocycles. The van der Waals surface area contributed by atoms with Crippen molar-refractivity contribution < 1.29 is 4.79 Å². The summed E-state index contributed by atoms with van der Waals surface area (Å²) in [5.74, 6) is 0.398. The van der Waals surface area contributed by atoms with E-state index in [1.165, 1.54) is 33.0 Å². The largest absolute Gasteiger partial charge is 0.298 e. The quantitative estimate of drug-likeness (QED) is 0.576. The predicted octanol–water partition coefficient (Wildman–Crippen LogP) is 4.86. The first-order chi connectivity index (χ1) is 10.8. The third-order valence-electron chi connectivity index (χ3n) is 5.46. The number of hydrogen-bond acceptors (Lipinski definition) is 1. The van der Waals surface area contributed by atoms with E-state index in [2.05, 4.69) is 60.7 Å². The van der Waals surface area contributed by atoms with Crippen molar-refractivity contribution >= 4 is 16.6 Å². The normalized spacial score (nSPS) is 22.3. The van der Waals surface area contributed by atoms with Crippen LogP contribution in [0.15, 0.2) is 60.7 Å². The molecule has 0 N–H and O–H groups in total. The van der Waals surface area contributed by atoms with Gasteiger partial charge in [-0.25, -0.2) is 0 Å². The molecule has 1 nitrogen and oxygen atoms in total. The van der Waals surface area contributed by atoms with Crippen molar-refractivity contribution in [3.8, 4) is 11.1 Å². The molecule has 0 aliphatic heterocycles. The van der Waals surface area contributed by atoms with E-state index >= 15 is 0 Å². The molecule has 1 fully saturated rings. The minimum atomic E-state index is -0.396. The van der Waals surface area contributed by atoms with Gasteiger partial charge in [0.05, 0.1) is 5.41 Å². The maximum Gasteiger partial charge on any atom is 0.147 e. The molecule has 0 heterocycles. The van der Waals surface area contributed by atoms with Crippen molar-refractivity contribution in [2.75, 3.05) is 0 Å². The summed E-state index contributed by atoms with van der Waals surface area (Å²) in [7, 11) is 0. The fourth-order valence-corrected chi connectivity index (χ4v) is 4.60. The monoisotopic (exact) mass is 284 g/mol. The summed E-state index contributed by atoms with van der Waals surface area (Å²) in [6, 6.07) is 21.3. The van der Waals surface area contributed by atoms with Crippen LogP contribution in [-0.4, -0.2) is 5.78 Å². The van der Waals surface area contributed by atoms with Crippen LogP contribution < -0.4 is 0 Å². The van der Waals surface area contributed by atoms with Crippen molar-refractivity contribution in [1.82, 2.24) is 0 Å². The summed E-state index contributed by atoms with van der Waals surface area (Å²) in [5.41, 5.74) is 4.59. The molecule has 1 atom stereocenters. The van der Waals surface area contributed by atoms with Crippen LogP contribution in [0.3, 0.4) is 0 Å². The van der Waals surface area contributed by atoms with Gasteiger partial charge in [0, 0.05) is 6.42 Å². The van der Waals surface area contributed by atoms with Gasteiger partial charge < -0.3 is 0 Å². The molecule has 106 valence electrons. The Labute approximate surface area is 129 Å². The second kappa shape index (κ2) is 4.07. The van der Waals surface area contributed by atoms with Crippen molar-refractivity contribution in [2.45, 2.75) is 24.7 Å². The Hall–Kier alpha value is -2.41. The summed E-state index contributed by atoms with van der Waals surface area (Å²) >= 11 is 0. The fraction of sp³-hybridized carbons (Fsp3) is 0.190. The molecule has 1 unspecified atom stereocenters. The van der Waals surface area contributed by atoms with Crippen LogP contribution in [0.25, 0.3) is 21.9 Å². The summed E-state index contributed by atoms with van der Waals surface area (Å²) < 4.78 is 0. The number of carbonyl (C=O) groups excluding carboxylic acids is 1. The Morgan fingerprint density at radius 2 is 1.64 bits per heavy atom. The van der Waals surface area contributed by atoms with Gasteiger partial charge in [-0.3, -0.25) is 4.79 Å². The lowest BCUT2D eigenvalue weighted by Gasteiger charge is -2.26. The Morgan fingerprint density at radius 1 is 0.818 bits per heavy atom. The number of rotatable bonds is 0. The number of fused-ring (bicyclic) bond motifs is 7. The van der Waals surface area contributed by atoms with E-state index in [-0.39, 0.29) is 0 Å². The van der Waals surface area contributed by atoms with Crippen LogP contribution in [0.4, 0.5) is 0 Å². The smallest absolute Gasteiger partial charge is 0.147 e. The van der Waals surface area contributed by atoms with Gasteiger partial charge in [0.2, 0.25) is 0 Å². The van der Waals surface area contributed by atoms with Crippen molar-refractivity contribution in [3.05, 3.63) is 71.8 Å². The first-order valence-electron chi connectivity index (χ1n) is 7.98. The number of ketones is 1. The summed E-state index contributed by atoms with van der Waals surface area (Å²) in [4.78, 5) is 13.0. The highest BCUT2D eigenvalue weighted by Crippen LogP contribution is 2.56. The number of benzene rings is 3. The molecule has 2 aliphatic carbocycles. The van der Waals surface area contributed by atoms with Crippen LogP contribution in [0.5, 0.6) is 0 Å². The molecular formula is C21H16O. The molecule has 2 aliphatic rings. The first kappa shape index (κ1) is 12.2. The van der Waals surface area contributed by atoms with Gasteiger partial charge in [-0.1, -0.05) is 60.7 Å². The highest BCUT2D eigenvalue weighted by Gasteiger charge is 2.51. The molecule has 1 saturated carbocycles. The van der Waals surface area contributed by atoms with E-state index < -0.39 is 5.41 Å². The summed E-state index contributed by atoms with van der Waals surface area (Å²) in [5, 5.41) is 2.47. The van der Waals surface area contributed by atoms with Crippen molar-refractivity contribution in [1.29, 1.82) is 0 Å². The molecule has 0 bridgehead atoms. The van der Waals surface area contributed by atoms with Gasteiger partial charge in [0.25, 0.3) is 0 Å². The van der Waals surface area contributed by atoms with Gasteiger partial charge >= 0.3 is 0 Å². The molecule has 3 aromatic carbocycles. The Bertz CT molecular complexity index is 938. The maximum atomic E-state index is 13.0. The molecule has 3 aromatic rings. The number of carbonyl (C=O) groups is 1. The van der Waals surface area contributed by atoms with Crippen LogP contribution in [0, 0.1) is 0 Å². The van der Waals surface area contributed by atoms with Crippen LogP contribution in [0.2, 0.25) is 0 Å². The summed E-state index contributed by atoms with van der Waals surface area (Å²) in [6.45, 7) is 0. The van der Waals surface area contributed by atoms with Crippen LogP contribution in [0.1, 0.15) is 30.4 Å². The molecule has 22 heavy (non-hydrogen) atoms. The van der Waals surface area contributed by atoms with Gasteiger partial charge in [0.1, 0.15) is 5.78 Å². The second-order valence-electron chi connectivity index (χ2n) is 6.44. The average Bonchev–Trinajstić information content (AvgIpc) is 3.09. The number of Topliss-reactive ketones (excluding diaryl/α,β-unsaturated/α-hetero) is 1. The predicted molar refractivity (Wildman–Crippen MR) is 89.0 cm³/mol. The molecule has 1 heteroatoms. The van der Waals surface area contributed by atoms with E-state index in [4.69, 9.17) is 0 Å². The van der Waals surface area contributed by atoms with E-state index in [0.29, 0.717) is 12.2 Å². The van der Waals surface area contributed by atoms with Crippen molar-refractivity contribution in [3.63, 3.8) is 0 Å². The summed E-state index contributed by atoms with van der Waals surface area (Å²) in [6.07, 6.45) is 2.65. The highest BCUT2D eigenvalue weighted by molar-refractivity contribution is 6.09. The zero-order chi connectivity index (χ0) is 14.7. The lowest BCUT2D eigenvalue weighted by Crippen LogP contribution is -2.30. The zero-order valence-corrected chi connectivity index (χ0v) is 12.3. The SMILES string of the molecule is O=C1CCCC12c1ccccc1-c1ccc3ccccc3c12. The van der Waals surface area contributed by atoms with Gasteiger partial charge in [-0.05, 0) is 45.9 Å². The fourth-order valence-electron chi connectivity index (χ4n) is 4.60. The van der Waals surface area contributed by atoms with E-state index in [0.717, 1.165) is 12.8 Å². The van der Waals surface area contributed by atoms with Crippen LogP contribution >= 0.6 is 0 Å². The maximum absolute atomic E-state index is 13.0. The Morgan fingerprint density at radius 3 is 2.50 bits per heavy atom. The minimum Gasteiger partial charge on any atom is -0.298 e. The van der Waals surface area contributed by atoms with E-state index in [1.807, 2.05) is 0 Å². The Balaban J connectivity index is 2.00. The lowest BCUT2D eigenvalue weighted by atomic mass is 9.74. The van der Waals surface area contributed by atoms with E-state index in [9.17, 15) is 4.79 Å². The molecule has 0 radical (unpaired) electrons. The lowest BCUT2D eigenvalue weighted by molar-refractivity contribution is -0.120. The topological polar surface area (TPSA) is 17.1 Å². The average molecular weight is 284 g/mol. The van der Waals surface area contributed by atoms with Gasteiger partial charge in [-0.2, -0.15) is 0 Å². The third-order valence-corrected chi connectivity index (χ3v) is 5.46. The van der Waals surface area contributed by atoms with E-state index in [1.54, 1.807) is 0 Å². The van der Waals surface area contributed by atoms with Gasteiger partial charge in [0.15, 0.2) is 0 Å². The molecule has 0 saturated heterocycles. The molecule has 1 spiro atoms. The molecule has 5 rings (SSSR count). The zero-order valence-electron chi connectivity index (χ0n) is 12.3. The molecule has 0 amide bonds. The second-order valence-corrected chi connectivity index (χ2v) is 6.44.